The van der Waals surface area contributed by atoms with E-state index in [1.807, 2.05) is 0 Å². The second kappa shape index (κ2) is 5.79. The van der Waals surface area contributed by atoms with E-state index in [0.29, 0.717) is 16.2 Å². The predicted octanol–water partition coefficient (Wildman–Crippen LogP) is 2.33. The largest absolute Gasteiger partial charge is 0.276 e. The Morgan fingerprint density at radius 3 is 2.55 bits per heavy atom. The Morgan fingerprint density at radius 2 is 2.10 bits per heavy atom. The number of rotatable bonds is 4. The fourth-order valence-corrected chi connectivity index (χ4v) is 4.23. The van der Waals surface area contributed by atoms with Crippen LogP contribution in [0.1, 0.15) is 41.6 Å². The van der Waals surface area contributed by atoms with Gasteiger partial charge < -0.3 is 0 Å². The molecule has 1 aliphatic carbocycles. The van der Waals surface area contributed by atoms with Gasteiger partial charge in [-0.2, -0.15) is 0 Å². The lowest BCUT2D eigenvalue weighted by Gasteiger charge is -2.35. The highest BCUT2D eigenvalue weighted by Crippen LogP contribution is 2.44. The van der Waals surface area contributed by atoms with Crippen molar-refractivity contribution in [1.82, 2.24) is 0 Å². The van der Waals surface area contributed by atoms with Crippen LogP contribution in [-0.2, 0) is 21.1 Å². The van der Waals surface area contributed by atoms with Gasteiger partial charge in [0.25, 0.3) is 5.24 Å². The normalized spacial score (nSPS) is 21.9. The van der Waals surface area contributed by atoms with E-state index in [9.17, 15) is 17.4 Å². The van der Waals surface area contributed by atoms with Gasteiger partial charge in [-0.15, -0.1) is 0 Å². The van der Waals surface area contributed by atoms with Gasteiger partial charge in [-0.3, -0.25) is 4.79 Å². The monoisotopic (exact) mass is 332 g/mol. The van der Waals surface area contributed by atoms with Gasteiger partial charge in [0.05, 0.1) is 4.90 Å². The summed E-state index contributed by atoms with van der Waals surface area (Å²) in [6.07, 6.45) is 1.95. The minimum atomic E-state index is -3.83. The summed E-state index contributed by atoms with van der Waals surface area (Å²) in [5.74, 6) is 0.533. The molecular weight excluding hydrogens is 320 g/mol. The molecule has 1 aromatic carbocycles. The lowest BCUT2D eigenvalue weighted by molar-refractivity contribution is 0.108. The molecule has 0 bridgehead atoms. The van der Waals surface area contributed by atoms with Crippen LogP contribution in [0.5, 0.6) is 0 Å². The molecule has 20 heavy (non-hydrogen) atoms. The molecule has 1 saturated carbocycles. The first-order valence-electron chi connectivity index (χ1n) is 6.07. The predicted molar refractivity (Wildman–Crippen MR) is 79.2 cm³/mol. The second-order valence-electron chi connectivity index (χ2n) is 4.92. The number of carbonyl (C=O) groups excluding carboxylic acids is 1. The average Bonchev–Trinajstić information content (AvgIpc) is 2.37. The molecule has 1 aliphatic rings. The molecule has 1 fully saturated rings. The van der Waals surface area contributed by atoms with Gasteiger partial charge in [-0.25, -0.2) is 12.6 Å². The van der Waals surface area contributed by atoms with Gasteiger partial charge in [0.15, 0.2) is 0 Å². The Bertz CT molecular complexity index is 705. The minimum Gasteiger partial charge on any atom is -0.276 e. The molecule has 0 heterocycles. The second-order valence-corrected chi connectivity index (χ2v) is 7.76. The summed E-state index contributed by atoms with van der Waals surface area (Å²) in [7, 11) is -3.83. The van der Waals surface area contributed by atoms with Crippen molar-refractivity contribution < 1.29 is 17.4 Å². The maximum Gasteiger partial charge on any atom is 0.252 e. The molecule has 7 heteroatoms. The zero-order valence-corrected chi connectivity index (χ0v) is 13.1. The number of hydrogen-bond acceptors (Lipinski definition) is 4. The zero-order valence-electron chi connectivity index (χ0n) is 10.7. The Kier molecular flexibility index (Phi) is 4.46. The average molecular weight is 333 g/mol. The van der Waals surface area contributed by atoms with E-state index >= 15 is 0 Å². The number of carbonyl (C=O) groups is 1. The van der Waals surface area contributed by atoms with Crippen LogP contribution < -0.4 is 0 Å². The molecule has 0 amide bonds. The molecule has 2 unspecified atom stereocenters. The molecule has 0 spiro atoms. The summed E-state index contributed by atoms with van der Waals surface area (Å²) < 4.78 is 35.5. The first kappa shape index (κ1) is 15.4. The molecule has 2 rings (SSSR count). The third kappa shape index (κ3) is 2.87. The van der Waals surface area contributed by atoms with Crippen LogP contribution in [-0.4, -0.2) is 22.6 Å². The highest BCUT2D eigenvalue weighted by atomic mass is 35.5. The van der Waals surface area contributed by atoms with E-state index in [1.54, 1.807) is 6.07 Å². The number of sulfone groups is 1. The smallest absolute Gasteiger partial charge is 0.252 e. The maximum atomic E-state index is 12.1. The topological polar surface area (TPSA) is 68.3 Å². The minimum absolute atomic E-state index is 0.0175. The van der Waals surface area contributed by atoms with Gasteiger partial charge in [-0.1, -0.05) is 13.0 Å². The Hall–Kier alpha value is -0.980. The van der Waals surface area contributed by atoms with Gasteiger partial charge >= 0.3 is 0 Å². The van der Waals surface area contributed by atoms with Crippen molar-refractivity contribution in [2.75, 3.05) is 0 Å². The molecule has 0 saturated heterocycles. The van der Waals surface area contributed by atoms with E-state index < -0.39 is 15.1 Å². The summed E-state index contributed by atoms with van der Waals surface area (Å²) in [5.41, 5.74) is 0.779. The highest BCUT2D eigenvalue weighted by molar-refractivity contribution is 8.12. The Balaban J connectivity index is 2.63. The Labute approximate surface area is 126 Å². The van der Waals surface area contributed by atoms with Crippen molar-refractivity contribution in [2.24, 2.45) is 5.92 Å². The van der Waals surface area contributed by atoms with Crippen molar-refractivity contribution in [2.45, 2.75) is 30.6 Å². The van der Waals surface area contributed by atoms with Gasteiger partial charge in [0.2, 0.25) is 9.84 Å². The van der Waals surface area contributed by atoms with Crippen LogP contribution in [0.2, 0.25) is 0 Å². The van der Waals surface area contributed by atoms with Crippen LogP contribution in [0, 0.1) is 5.92 Å². The van der Waals surface area contributed by atoms with E-state index in [2.05, 4.69) is 6.92 Å². The van der Waals surface area contributed by atoms with Crippen LogP contribution in [0.15, 0.2) is 23.1 Å². The van der Waals surface area contributed by atoms with Gasteiger partial charge in [-0.05, 0) is 54.0 Å². The molecular formula is C13H13ClO4S2. The first-order valence-corrected chi connectivity index (χ1v) is 8.80. The van der Waals surface area contributed by atoms with E-state index in [4.69, 9.17) is 11.6 Å². The molecule has 0 radical (unpaired) electrons. The number of halogens is 1. The van der Waals surface area contributed by atoms with Crippen LogP contribution in [0.4, 0.5) is 0 Å². The lowest BCUT2D eigenvalue weighted by atomic mass is 9.71. The van der Waals surface area contributed by atoms with Crippen molar-refractivity contribution in [3.8, 4) is 0 Å². The van der Waals surface area contributed by atoms with Crippen LogP contribution >= 0.6 is 11.6 Å². The third-order valence-electron chi connectivity index (χ3n) is 3.73. The van der Waals surface area contributed by atoms with Crippen molar-refractivity contribution in [1.29, 1.82) is 0 Å². The van der Waals surface area contributed by atoms with E-state index in [-0.39, 0.29) is 27.6 Å². The summed E-state index contributed by atoms with van der Waals surface area (Å²) in [6, 6.07) is 4.42. The molecule has 108 valence electrons. The zero-order chi connectivity index (χ0) is 14.9. The number of benzene rings is 1. The molecule has 0 aliphatic heterocycles. The fourth-order valence-electron chi connectivity index (χ4n) is 2.44. The molecule has 0 N–H and O–H groups in total. The lowest BCUT2D eigenvalue weighted by Crippen LogP contribution is -2.23. The standard InChI is InChI=1S/C13H13ClO4S2/c1-8-2-4-10(8)11-5-3-9(13(14)15)6-12(11)20(17,18)7-19-16/h3,5-8,10H,2,4H2,1H3. The van der Waals surface area contributed by atoms with Crippen LogP contribution in [0.3, 0.4) is 0 Å². The summed E-state index contributed by atoms with van der Waals surface area (Å²) in [6.45, 7) is 2.05. The Morgan fingerprint density at radius 1 is 1.40 bits per heavy atom. The summed E-state index contributed by atoms with van der Waals surface area (Å²) in [5, 5.41) is -0.718. The molecule has 2 atom stereocenters. The van der Waals surface area contributed by atoms with Gasteiger partial charge in [0, 0.05) is 5.56 Å². The quantitative estimate of drug-likeness (QED) is 0.627. The van der Waals surface area contributed by atoms with Gasteiger partial charge in [0.1, 0.15) is 16.0 Å². The molecule has 4 nitrogen and oxygen atoms in total. The third-order valence-corrected chi connectivity index (χ3v) is 6.24. The van der Waals surface area contributed by atoms with E-state index in [0.717, 1.165) is 12.8 Å². The van der Waals surface area contributed by atoms with E-state index in [1.165, 1.54) is 12.1 Å². The van der Waals surface area contributed by atoms with Crippen LogP contribution in [0.25, 0.3) is 0 Å². The van der Waals surface area contributed by atoms with Crippen molar-refractivity contribution in [3.63, 3.8) is 0 Å². The highest BCUT2D eigenvalue weighted by Gasteiger charge is 2.32. The maximum absolute atomic E-state index is 12.1. The van der Waals surface area contributed by atoms with Crippen molar-refractivity contribution >= 4 is 42.6 Å². The number of hydrogen-bond donors (Lipinski definition) is 0. The fraction of sp³-hybridized carbons (Fsp3) is 0.385. The van der Waals surface area contributed by atoms with Crippen molar-refractivity contribution in [3.05, 3.63) is 29.3 Å². The molecule has 0 aromatic heterocycles. The molecule has 1 aromatic rings. The SMILES string of the molecule is CC1CCC1c1ccc(C(=O)Cl)cc1S(=O)(=O)C=S=O. The first-order chi connectivity index (χ1) is 9.36. The summed E-state index contributed by atoms with van der Waals surface area (Å²) >= 11 is 5.28. The summed E-state index contributed by atoms with van der Waals surface area (Å²) in [4.78, 5) is 11.2.